The van der Waals surface area contributed by atoms with Gasteiger partial charge in [0.2, 0.25) is 5.91 Å². The molecular formula is C14H20N2O4. The monoisotopic (exact) mass is 280 g/mol. The molecule has 0 saturated heterocycles. The quantitative estimate of drug-likeness (QED) is 0.360. The van der Waals surface area contributed by atoms with Crippen LogP contribution in [-0.2, 0) is 19.2 Å². The van der Waals surface area contributed by atoms with Gasteiger partial charge in [-0.25, -0.2) is 0 Å². The number of carbonyl (C=O) groups excluding carboxylic acids is 4. The van der Waals surface area contributed by atoms with E-state index in [0.717, 1.165) is 19.1 Å². The summed E-state index contributed by atoms with van der Waals surface area (Å²) in [6.07, 6.45) is 7.17. The first-order valence-corrected chi connectivity index (χ1v) is 6.89. The van der Waals surface area contributed by atoms with Crippen molar-refractivity contribution in [3.63, 3.8) is 0 Å². The standard InChI is InChI=1S/C14H20N2O4/c17-11-5-3-9-15-12(18)6-2-1-4-10-16-13(19)7-8-14(16)20/h7-8,11H,1-6,9-10H2,(H,15,18). The molecule has 0 spiro atoms. The van der Waals surface area contributed by atoms with Gasteiger partial charge < -0.3 is 10.1 Å². The highest BCUT2D eigenvalue weighted by molar-refractivity contribution is 6.12. The van der Waals surface area contributed by atoms with Gasteiger partial charge in [0.15, 0.2) is 0 Å². The fraction of sp³-hybridized carbons (Fsp3) is 0.571. The molecule has 1 heterocycles. The van der Waals surface area contributed by atoms with Gasteiger partial charge in [-0.3, -0.25) is 19.3 Å². The molecular weight excluding hydrogens is 260 g/mol. The third-order valence-corrected chi connectivity index (χ3v) is 3.01. The predicted molar refractivity (Wildman–Crippen MR) is 72.6 cm³/mol. The maximum atomic E-state index is 11.4. The van der Waals surface area contributed by atoms with E-state index >= 15 is 0 Å². The molecule has 0 atom stereocenters. The molecule has 0 aromatic carbocycles. The van der Waals surface area contributed by atoms with Crippen LogP contribution in [0.15, 0.2) is 12.2 Å². The highest BCUT2D eigenvalue weighted by Gasteiger charge is 2.22. The number of aldehydes is 1. The average molecular weight is 280 g/mol. The molecule has 1 rings (SSSR count). The Morgan fingerprint density at radius 1 is 1.10 bits per heavy atom. The Bertz CT molecular complexity index is 386. The molecule has 0 unspecified atom stereocenters. The van der Waals surface area contributed by atoms with Crippen molar-refractivity contribution >= 4 is 24.0 Å². The lowest BCUT2D eigenvalue weighted by molar-refractivity contribution is -0.137. The average Bonchev–Trinajstić information content (AvgIpc) is 2.74. The van der Waals surface area contributed by atoms with E-state index in [1.165, 1.54) is 17.1 Å². The Morgan fingerprint density at radius 2 is 1.80 bits per heavy atom. The molecule has 0 aliphatic carbocycles. The Hall–Kier alpha value is -1.98. The van der Waals surface area contributed by atoms with E-state index in [-0.39, 0.29) is 17.7 Å². The molecule has 1 aliphatic rings. The number of nitrogens with one attached hydrogen (secondary N) is 1. The predicted octanol–water partition coefficient (Wildman–Crippen LogP) is 0.567. The summed E-state index contributed by atoms with van der Waals surface area (Å²) in [5, 5.41) is 2.74. The van der Waals surface area contributed by atoms with Gasteiger partial charge in [-0.15, -0.1) is 0 Å². The molecule has 0 aromatic rings. The molecule has 110 valence electrons. The van der Waals surface area contributed by atoms with Crippen molar-refractivity contribution in [2.24, 2.45) is 0 Å². The SMILES string of the molecule is O=CCCCNC(=O)CCCCCN1C(=O)C=CC1=O. The summed E-state index contributed by atoms with van der Waals surface area (Å²) in [6.45, 7) is 0.936. The minimum absolute atomic E-state index is 0.0223. The smallest absolute Gasteiger partial charge is 0.253 e. The first-order valence-electron chi connectivity index (χ1n) is 6.89. The number of amides is 3. The summed E-state index contributed by atoms with van der Waals surface area (Å²) in [6, 6.07) is 0. The molecule has 0 bridgehead atoms. The summed E-state index contributed by atoms with van der Waals surface area (Å²) in [4.78, 5) is 45.2. The second kappa shape index (κ2) is 9.01. The molecule has 20 heavy (non-hydrogen) atoms. The zero-order valence-corrected chi connectivity index (χ0v) is 11.5. The molecule has 6 nitrogen and oxygen atoms in total. The van der Waals surface area contributed by atoms with Gasteiger partial charge in [-0.2, -0.15) is 0 Å². The third-order valence-electron chi connectivity index (χ3n) is 3.01. The Morgan fingerprint density at radius 3 is 2.45 bits per heavy atom. The van der Waals surface area contributed by atoms with E-state index in [0.29, 0.717) is 38.8 Å². The molecule has 3 amide bonds. The Kier molecular flexibility index (Phi) is 7.24. The molecule has 0 radical (unpaired) electrons. The van der Waals surface area contributed by atoms with Crippen LogP contribution in [0.2, 0.25) is 0 Å². The minimum Gasteiger partial charge on any atom is -0.356 e. The van der Waals surface area contributed by atoms with E-state index in [9.17, 15) is 19.2 Å². The lowest BCUT2D eigenvalue weighted by Crippen LogP contribution is -2.30. The number of hydrogen-bond acceptors (Lipinski definition) is 4. The summed E-state index contributed by atoms with van der Waals surface area (Å²) >= 11 is 0. The van der Waals surface area contributed by atoms with Crippen LogP contribution in [0.3, 0.4) is 0 Å². The molecule has 1 aliphatic heterocycles. The molecule has 0 saturated carbocycles. The first-order chi connectivity index (χ1) is 9.65. The van der Waals surface area contributed by atoms with Crippen LogP contribution >= 0.6 is 0 Å². The van der Waals surface area contributed by atoms with Crippen molar-refractivity contribution in [3.8, 4) is 0 Å². The van der Waals surface area contributed by atoms with Gasteiger partial charge in [-0.05, 0) is 19.3 Å². The number of unbranched alkanes of at least 4 members (excludes halogenated alkanes) is 3. The first kappa shape index (κ1) is 16.1. The fourth-order valence-corrected chi connectivity index (χ4v) is 1.89. The van der Waals surface area contributed by atoms with Crippen LogP contribution in [0.5, 0.6) is 0 Å². The summed E-state index contributed by atoms with van der Waals surface area (Å²) < 4.78 is 0. The van der Waals surface area contributed by atoms with Gasteiger partial charge in [0.1, 0.15) is 6.29 Å². The number of nitrogens with zero attached hydrogens (tertiary/aromatic N) is 1. The van der Waals surface area contributed by atoms with Gasteiger partial charge in [0, 0.05) is 38.1 Å². The van der Waals surface area contributed by atoms with Crippen LogP contribution in [0.25, 0.3) is 0 Å². The van der Waals surface area contributed by atoms with Crippen LogP contribution in [0.1, 0.15) is 38.5 Å². The van der Waals surface area contributed by atoms with Crippen molar-refractivity contribution in [1.29, 1.82) is 0 Å². The summed E-state index contributed by atoms with van der Waals surface area (Å²) in [7, 11) is 0. The highest BCUT2D eigenvalue weighted by Crippen LogP contribution is 2.07. The van der Waals surface area contributed by atoms with Gasteiger partial charge >= 0.3 is 0 Å². The summed E-state index contributed by atoms with van der Waals surface area (Å²) in [5.74, 6) is -0.545. The maximum Gasteiger partial charge on any atom is 0.253 e. The van der Waals surface area contributed by atoms with Crippen molar-refractivity contribution in [2.75, 3.05) is 13.1 Å². The van der Waals surface area contributed by atoms with Crippen molar-refractivity contribution in [2.45, 2.75) is 38.5 Å². The molecule has 0 fully saturated rings. The number of rotatable bonds is 10. The van der Waals surface area contributed by atoms with E-state index in [2.05, 4.69) is 5.32 Å². The maximum absolute atomic E-state index is 11.4. The van der Waals surface area contributed by atoms with Gasteiger partial charge in [0.05, 0.1) is 0 Å². The topological polar surface area (TPSA) is 83.6 Å². The summed E-state index contributed by atoms with van der Waals surface area (Å²) in [5.41, 5.74) is 0. The van der Waals surface area contributed by atoms with Crippen molar-refractivity contribution in [1.82, 2.24) is 10.2 Å². The lowest BCUT2D eigenvalue weighted by Gasteiger charge is -2.13. The number of hydrogen-bond donors (Lipinski definition) is 1. The van der Waals surface area contributed by atoms with Crippen LogP contribution in [0.4, 0.5) is 0 Å². The second-order valence-corrected chi connectivity index (χ2v) is 4.63. The highest BCUT2D eigenvalue weighted by atomic mass is 16.2. The van der Waals surface area contributed by atoms with Crippen LogP contribution in [-0.4, -0.2) is 42.0 Å². The van der Waals surface area contributed by atoms with E-state index in [4.69, 9.17) is 0 Å². The van der Waals surface area contributed by atoms with Crippen molar-refractivity contribution < 1.29 is 19.2 Å². The fourth-order valence-electron chi connectivity index (χ4n) is 1.89. The largest absolute Gasteiger partial charge is 0.356 e. The third kappa shape index (κ3) is 5.77. The Balaban J connectivity index is 1.99. The molecule has 6 heteroatoms. The minimum atomic E-state index is -0.261. The normalized spacial score (nSPS) is 13.9. The van der Waals surface area contributed by atoms with Gasteiger partial charge in [0.25, 0.3) is 11.8 Å². The van der Waals surface area contributed by atoms with Crippen LogP contribution in [0, 0.1) is 0 Å². The lowest BCUT2D eigenvalue weighted by atomic mass is 10.2. The van der Waals surface area contributed by atoms with Gasteiger partial charge in [-0.1, -0.05) is 6.42 Å². The zero-order valence-electron chi connectivity index (χ0n) is 11.5. The van der Waals surface area contributed by atoms with E-state index < -0.39 is 0 Å². The van der Waals surface area contributed by atoms with Crippen LogP contribution < -0.4 is 5.32 Å². The zero-order chi connectivity index (χ0) is 14.8. The molecule has 0 aromatic heterocycles. The molecule has 1 N–H and O–H groups in total. The van der Waals surface area contributed by atoms with Crippen molar-refractivity contribution in [3.05, 3.63) is 12.2 Å². The Labute approximate surface area is 118 Å². The van der Waals surface area contributed by atoms with E-state index in [1.807, 2.05) is 0 Å². The second-order valence-electron chi connectivity index (χ2n) is 4.63. The number of imide groups is 1. The van der Waals surface area contributed by atoms with E-state index in [1.54, 1.807) is 0 Å². The number of carbonyl (C=O) groups is 4.